The third kappa shape index (κ3) is 6.89. The van der Waals surface area contributed by atoms with E-state index in [1.807, 2.05) is 20.8 Å². The summed E-state index contributed by atoms with van der Waals surface area (Å²) < 4.78 is 4.83. The standard InChI is InChI=1S/C15H23N3O3.ClH/c1-15(2,3)18-13(19)10-6-5-7-11(8-10)17-14(20)12(16)9-21-4;/h5-8,12H,9,16H2,1-4H3,(H,17,20)(H,18,19);1H. The summed E-state index contributed by atoms with van der Waals surface area (Å²) in [4.78, 5) is 23.9. The molecule has 1 unspecified atom stereocenters. The average Bonchev–Trinajstić information content (AvgIpc) is 2.37. The molecule has 0 aliphatic rings. The number of nitrogens with one attached hydrogen (secondary N) is 2. The lowest BCUT2D eigenvalue weighted by Crippen LogP contribution is -2.40. The van der Waals surface area contributed by atoms with Crippen LogP contribution in [0, 0.1) is 0 Å². The molecule has 124 valence electrons. The van der Waals surface area contributed by atoms with Gasteiger partial charge in [-0.2, -0.15) is 0 Å². The molecule has 1 aromatic carbocycles. The van der Waals surface area contributed by atoms with Crippen LogP contribution >= 0.6 is 12.4 Å². The molecule has 0 saturated heterocycles. The van der Waals surface area contributed by atoms with Crippen LogP contribution in [0.5, 0.6) is 0 Å². The Morgan fingerprint density at radius 3 is 2.50 bits per heavy atom. The molecule has 0 aliphatic carbocycles. The molecule has 0 saturated carbocycles. The van der Waals surface area contributed by atoms with Crippen LogP contribution in [0.4, 0.5) is 5.69 Å². The van der Waals surface area contributed by atoms with Crippen LogP contribution in [0.1, 0.15) is 31.1 Å². The SMILES string of the molecule is COCC(N)C(=O)Nc1cccc(C(=O)NC(C)(C)C)c1.Cl. The van der Waals surface area contributed by atoms with Gasteiger partial charge in [-0.05, 0) is 39.0 Å². The van der Waals surface area contributed by atoms with Crippen molar-refractivity contribution >= 4 is 29.9 Å². The molecule has 0 radical (unpaired) electrons. The normalized spacial score (nSPS) is 12.0. The molecule has 0 spiro atoms. The number of hydrogen-bond acceptors (Lipinski definition) is 4. The van der Waals surface area contributed by atoms with Gasteiger partial charge in [-0.1, -0.05) is 6.07 Å². The first-order chi connectivity index (χ1) is 9.73. The lowest BCUT2D eigenvalue weighted by atomic mass is 10.1. The van der Waals surface area contributed by atoms with Crippen LogP contribution in [-0.2, 0) is 9.53 Å². The number of halogens is 1. The van der Waals surface area contributed by atoms with Gasteiger partial charge in [0.2, 0.25) is 5.91 Å². The Hall–Kier alpha value is -1.63. The topological polar surface area (TPSA) is 93.4 Å². The van der Waals surface area contributed by atoms with Crippen LogP contribution in [0.25, 0.3) is 0 Å². The van der Waals surface area contributed by atoms with Crippen molar-refractivity contribution in [3.8, 4) is 0 Å². The van der Waals surface area contributed by atoms with Gasteiger partial charge in [0, 0.05) is 23.9 Å². The summed E-state index contributed by atoms with van der Waals surface area (Å²) in [6.07, 6.45) is 0. The van der Waals surface area contributed by atoms with Crippen LogP contribution in [0.3, 0.4) is 0 Å². The molecule has 1 atom stereocenters. The summed E-state index contributed by atoms with van der Waals surface area (Å²) in [5.74, 6) is -0.551. The van der Waals surface area contributed by atoms with Gasteiger partial charge in [0.1, 0.15) is 6.04 Å². The fraction of sp³-hybridized carbons (Fsp3) is 0.467. The number of anilines is 1. The Morgan fingerprint density at radius 1 is 1.32 bits per heavy atom. The first-order valence-electron chi connectivity index (χ1n) is 6.71. The summed E-state index contributed by atoms with van der Waals surface area (Å²) in [7, 11) is 1.48. The quantitative estimate of drug-likeness (QED) is 0.764. The molecule has 0 aliphatic heterocycles. The molecule has 0 aromatic heterocycles. The zero-order chi connectivity index (χ0) is 16.0. The molecule has 0 heterocycles. The van der Waals surface area contributed by atoms with Gasteiger partial charge in [-0.25, -0.2) is 0 Å². The summed E-state index contributed by atoms with van der Waals surface area (Å²) >= 11 is 0. The number of hydrogen-bond donors (Lipinski definition) is 3. The van der Waals surface area contributed by atoms with Gasteiger partial charge in [-0.3, -0.25) is 9.59 Å². The van der Waals surface area contributed by atoms with Gasteiger partial charge in [0.25, 0.3) is 5.91 Å². The maximum absolute atomic E-state index is 12.1. The molecule has 0 bridgehead atoms. The zero-order valence-corrected chi connectivity index (χ0v) is 14.1. The van der Waals surface area contributed by atoms with Gasteiger partial charge in [0.15, 0.2) is 0 Å². The summed E-state index contributed by atoms with van der Waals surface area (Å²) in [6.45, 7) is 5.84. The predicted molar refractivity (Wildman–Crippen MR) is 89.4 cm³/mol. The van der Waals surface area contributed by atoms with Crippen molar-refractivity contribution in [1.82, 2.24) is 5.32 Å². The number of nitrogens with two attached hydrogens (primary N) is 1. The highest BCUT2D eigenvalue weighted by atomic mass is 35.5. The van der Waals surface area contributed by atoms with Crippen molar-refractivity contribution < 1.29 is 14.3 Å². The number of carbonyl (C=O) groups excluding carboxylic acids is 2. The van der Waals surface area contributed by atoms with Crippen LogP contribution in [-0.4, -0.2) is 37.1 Å². The van der Waals surface area contributed by atoms with Gasteiger partial charge in [-0.15, -0.1) is 12.4 Å². The molecule has 22 heavy (non-hydrogen) atoms. The van der Waals surface area contributed by atoms with Crippen molar-refractivity contribution in [2.24, 2.45) is 5.73 Å². The van der Waals surface area contributed by atoms with Gasteiger partial charge >= 0.3 is 0 Å². The zero-order valence-electron chi connectivity index (χ0n) is 13.3. The lowest BCUT2D eigenvalue weighted by Gasteiger charge is -2.20. The van der Waals surface area contributed by atoms with Crippen molar-refractivity contribution in [2.45, 2.75) is 32.4 Å². The second kappa shape index (κ2) is 8.73. The van der Waals surface area contributed by atoms with E-state index in [0.717, 1.165) is 0 Å². The molecule has 7 heteroatoms. The monoisotopic (exact) mass is 329 g/mol. The molecule has 2 amide bonds. The van der Waals surface area contributed by atoms with Crippen molar-refractivity contribution in [2.75, 3.05) is 19.0 Å². The largest absolute Gasteiger partial charge is 0.383 e. The fourth-order valence-electron chi connectivity index (χ4n) is 1.64. The molecular formula is C15H24ClN3O3. The lowest BCUT2D eigenvalue weighted by molar-refractivity contribution is -0.118. The van der Waals surface area contributed by atoms with E-state index in [4.69, 9.17) is 10.5 Å². The number of amides is 2. The van der Waals surface area contributed by atoms with Crippen molar-refractivity contribution in [3.63, 3.8) is 0 Å². The fourth-order valence-corrected chi connectivity index (χ4v) is 1.64. The Labute approximate surface area is 137 Å². The molecule has 1 aromatic rings. The molecule has 1 rings (SSSR count). The minimum absolute atomic E-state index is 0. The Bertz CT molecular complexity index is 515. The van der Waals surface area contributed by atoms with Crippen molar-refractivity contribution in [3.05, 3.63) is 29.8 Å². The minimum atomic E-state index is -0.748. The van der Waals surface area contributed by atoms with E-state index >= 15 is 0 Å². The summed E-state index contributed by atoms with van der Waals surface area (Å²) in [5, 5.41) is 5.52. The molecule has 6 nitrogen and oxygen atoms in total. The third-order valence-corrected chi connectivity index (χ3v) is 2.56. The third-order valence-electron chi connectivity index (χ3n) is 2.56. The first kappa shape index (κ1) is 20.4. The number of carbonyl (C=O) groups is 2. The van der Waals surface area contributed by atoms with E-state index < -0.39 is 6.04 Å². The number of methoxy groups -OCH3 is 1. The molecule has 4 N–H and O–H groups in total. The van der Waals surface area contributed by atoms with E-state index in [1.54, 1.807) is 24.3 Å². The Kier molecular flexibility index (Phi) is 8.08. The highest BCUT2D eigenvalue weighted by Crippen LogP contribution is 2.12. The predicted octanol–water partition coefficient (Wildman–Crippen LogP) is 1.55. The highest BCUT2D eigenvalue weighted by Gasteiger charge is 2.17. The minimum Gasteiger partial charge on any atom is -0.383 e. The van der Waals surface area contributed by atoms with Crippen molar-refractivity contribution in [1.29, 1.82) is 0 Å². The summed E-state index contributed by atoms with van der Waals surface area (Å²) in [6, 6.07) is 5.95. The van der Waals surface area contributed by atoms with Crippen LogP contribution in [0.2, 0.25) is 0 Å². The molecular weight excluding hydrogens is 306 g/mol. The van der Waals surface area contributed by atoms with E-state index in [1.165, 1.54) is 7.11 Å². The Morgan fingerprint density at radius 2 is 1.95 bits per heavy atom. The Balaban J connectivity index is 0.00000441. The van der Waals surface area contributed by atoms with E-state index in [-0.39, 0.29) is 36.4 Å². The highest BCUT2D eigenvalue weighted by molar-refractivity contribution is 5.98. The van der Waals surface area contributed by atoms with Crippen LogP contribution in [0.15, 0.2) is 24.3 Å². The first-order valence-corrected chi connectivity index (χ1v) is 6.71. The number of ether oxygens (including phenoxy) is 1. The maximum Gasteiger partial charge on any atom is 0.251 e. The van der Waals surface area contributed by atoms with Gasteiger partial charge in [0.05, 0.1) is 6.61 Å². The van der Waals surface area contributed by atoms with Gasteiger partial charge < -0.3 is 21.1 Å². The number of benzene rings is 1. The smallest absolute Gasteiger partial charge is 0.251 e. The second-order valence-electron chi connectivity index (χ2n) is 5.84. The summed E-state index contributed by atoms with van der Waals surface area (Å²) in [5.41, 5.74) is 6.31. The second-order valence-corrected chi connectivity index (χ2v) is 5.84. The molecule has 0 fully saturated rings. The average molecular weight is 330 g/mol. The van der Waals surface area contributed by atoms with E-state index in [2.05, 4.69) is 10.6 Å². The van der Waals surface area contributed by atoms with E-state index in [0.29, 0.717) is 11.3 Å². The maximum atomic E-state index is 12.1. The van der Waals surface area contributed by atoms with E-state index in [9.17, 15) is 9.59 Å². The van der Waals surface area contributed by atoms with Crippen LogP contribution < -0.4 is 16.4 Å². The number of rotatable bonds is 5.